The largest absolute Gasteiger partial charge is 0.343 e. The first-order valence-corrected chi connectivity index (χ1v) is 7.60. The fraction of sp³-hybridized carbons (Fsp3) is 0.933. The number of amides is 1. The second-order valence-corrected chi connectivity index (χ2v) is 6.40. The van der Waals surface area contributed by atoms with Crippen LogP contribution in [-0.2, 0) is 4.79 Å². The molecule has 104 valence electrons. The van der Waals surface area contributed by atoms with Gasteiger partial charge in [-0.05, 0) is 56.9 Å². The maximum absolute atomic E-state index is 12.6. The van der Waals surface area contributed by atoms with Crippen molar-refractivity contribution < 1.29 is 4.79 Å². The summed E-state index contributed by atoms with van der Waals surface area (Å²) in [5, 5.41) is 0. The van der Waals surface area contributed by atoms with E-state index >= 15 is 0 Å². The zero-order valence-corrected chi connectivity index (χ0v) is 11.9. The molecular weight excluding hydrogens is 224 g/mol. The van der Waals surface area contributed by atoms with E-state index in [0.29, 0.717) is 24.4 Å². The van der Waals surface area contributed by atoms with Gasteiger partial charge in [-0.3, -0.25) is 4.79 Å². The van der Waals surface area contributed by atoms with Gasteiger partial charge in [-0.15, -0.1) is 0 Å². The lowest BCUT2D eigenvalue weighted by Crippen LogP contribution is -2.44. The molecule has 2 atom stereocenters. The number of hydrogen-bond donors (Lipinski definition) is 1. The van der Waals surface area contributed by atoms with Crippen molar-refractivity contribution in [3.05, 3.63) is 0 Å². The molecule has 0 aromatic rings. The molecule has 3 nitrogen and oxygen atoms in total. The second kappa shape index (κ2) is 6.05. The molecule has 2 fully saturated rings. The third-order valence-electron chi connectivity index (χ3n) is 5.16. The summed E-state index contributed by atoms with van der Waals surface area (Å²) < 4.78 is 0. The normalized spacial score (nSPS) is 36.6. The van der Waals surface area contributed by atoms with Crippen LogP contribution in [-0.4, -0.2) is 30.4 Å². The van der Waals surface area contributed by atoms with E-state index in [1.165, 1.54) is 32.1 Å². The lowest BCUT2D eigenvalue weighted by atomic mass is 9.86. The van der Waals surface area contributed by atoms with Crippen molar-refractivity contribution in [3.63, 3.8) is 0 Å². The van der Waals surface area contributed by atoms with Gasteiger partial charge in [0.1, 0.15) is 0 Å². The summed E-state index contributed by atoms with van der Waals surface area (Å²) in [7, 11) is 2.01. The van der Waals surface area contributed by atoms with Gasteiger partial charge in [0.15, 0.2) is 0 Å². The Labute approximate surface area is 111 Å². The van der Waals surface area contributed by atoms with Crippen molar-refractivity contribution in [1.29, 1.82) is 0 Å². The minimum Gasteiger partial charge on any atom is -0.343 e. The maximum atomic E-state index is 12.6. The number of carbonyl (C=O) groups excluding carboxylic acids is 1. The minimum absolute atomic E-state index is 0.208. The molecule has 0 heterocycles. The molecule has 0 spiro atoms. The molecule has 1 amide bonds. The molecule has 2 aliphatic rings. The maximum Gasteiger partial charge on any atom is 0.225 e. The van der Waals surface area contributed by atoms with Crippen LogP contribution in [0.1, 0.15) is 51.9 Å². The van der Waals surface area contributed by atoms with Crippen molar-refractivity contribution in [3.8, 4) is 0 Å². The predicted molar refractivity (Wildman–Crippen MR) is 74.1 cm³/mol. The predicted octanol–water partition coefficient (Wildman–Crippen LogP) is 2.40. The Morgan fingerprint density at radius 2 is 1.83 bits per heavy atom. The summed E-state index contributed by atoms with van der Waals surface area (Å²) >= 11 is 0. The SMILES string of the molecule is CC1CCC(N(C)C(=O)[C@@H]2CCC[C@@H]2CN)CC1. The highest BCUT2D eigenvalue weighted by atomic mass is 16.2. The first kappa shape index (κ1) is 13.9. The van der Waals surface area contributed by atoms with Crippen LogP contribution in [0.4, 0.5) is 0 Å². The van der Waals surface area contributed by atoms with Gasteiger partial charge in [-0.25, -0.2) is 0 Å². The van der Waals surface area contributed by atoms with Crippen LogP contribution in [0.5, 0.6) is 0 Å². The van der Waals surface area contributed by atoms with Gasteiger partial charge in [0.25, 0.3) is 0 Å². The third-order valence-corrected chi connectivity index (χ3v) is 5.16. The molecule has 3 heteroatoms. The average Bonchev–Trinajstić information content (AvgIpc) is 2.86. The van der Waals surface area contributed by atoms with Crippen molar-refractivity contribution in [2.24, 2.45) is 23.5 Å². The van der Waals surface area contributed by atoms with Gasteiger partial charge in [0.05, 0.1) is 0 Å². The number of nitrogens with zero attached hydrogens (tertiary/aromatic N) is 1. The van der Waals surface area contributed by atoms with Gasteiger partial charge in [-0.2, -0.15) is 0 Å². The highest BCUT2D eigenvalue weighted by molar-refractivity contribution is 5.79. The van der Waals surface area contributed by atoms with Gasteiger partial charge in [0.2, 0.25) is 5.91 Å². The summed E-state index contributed by atoms with van der Waals surface area (Å²) in [5.41, 5.74) is 5.79. The van der Waals surface area contributed by atoms with Crippen LogP contribution < -0.4 is 5.73 Å². The summed E-state index contributed by atoms with van der Waals surface area (Å²) in [6.45, 7) is 2.99. The van der Waals surface area contributed by atoms with E-state index in [1.807, 2.05) is 11.9 Å². The molecule has 2 N–H and O–H groups in total. The Balaban J connectivity index is 1.91. The Kier molecular flexibility index (Phi) is 4.66. The summed E-state index contributed by atoms with van der Waals surface area (Å²) in [6.07, 6.45) is 8.28. The lowest BCUT2D eigenvalue weighted by molar-refractivity contribution is -0.138. The van der Waals surface area contributed by atoms with Crippen LogP contribution in [0, 0.1) is 17.8 Å². The topological polar surface area (TPSA) is 46.3 Å². The summed E-state index contributed by atoms with van der Waals surface area (Å²) in [6, 6.07) is 0.479. The average molecular weight is 252 g/mol. The van der Waals surface area contributed by atoms with E-state index in [4.69, 9.17) is 5.73 Å². The molecule has 18 heavy (non-hydrogen) atoms. The zero-order chi connectivity index (χ0) is 13.1. The number of rotatable bonds is 3. The number of hydrogen-bond acceptors (Lipinski definition) is 2. The quantitative estimate of drug-likeness (QED) is 0.838. The number of carbonyl (C=O) groups is 1. The molecule has 0 aliphatic heterocycles. The minimum atomic E-state index is 0.208. The Bertz CT molecular complexity index is 284. The van der Waals surface area contributed by atoms with E-state index < -0.39 is 0 Å². The van der Waals surface area contributed by atoms with E-state index in [1.54, 1.807) is 0 Å². The highest BCUT2D eigenvalue weighted by Crippen LogP contribution is 2.34. The Hall–Kier alpha value is -0.570. The van der Waals surface area contributed by atoms with E-state index in [9.17, 15) is 4.79 Å². The Morgan fingerprint density at radius 1 is 1.17 bits per heavy atom. The zero-order valence-electron chi connectivity index (χ0n) is 11.9. The molecule has 0 aromatic heterocycles. The van der Waals surface area contributed by atoms with E-state index in [-0.39, 0.29) is 5.92 Å². The van der Waals surface area contributed by atoms with Crippen molar-refractivity contribution in [2.45, 2.75) is 57.9 Å². The first-order valence-electron chi connectivity index (χ1n) is 7.60. The molecule has 0 aromatic carbocycles. The fourth-order valence-electron chi connectivity index (χ4n) is 3.72. The Morgan fingerprint density at radius 3 is 2.44 bits per heavy atom. The van der Waals surface area contributed by atoms with Crippen LogP contribution in [0.3, 0.4) is 0 Å². The molecule has 0 unspecified atom stereocenters. The molecule has 0 radical (unpaired) electrons. The molecule has 2 aliphatic carbocycles. The van der Waals surface area contributed by atoms with Crippen LogP contribution in [0.2, 0.25) is 0 Å². The second-order valence-electron chi connectivity index (χ2n) is 6.40. The fourth-order valence-corrected chi connectivity index (χ4v) is 3.72. The molecule has 2 rings (SSSR count). The van der Waals surface area contributed by atoms with Gasteiger partial charge in [-0.1, -0.05) is 13.3 Å². The van der Waals surface area contributed by atoms with Gasteiger partial charge in [0, 0.05) is 19.0 Å². The summed E-state index contributed by atoms with van der Waals surface area (Å²) in [5.74, 6) is 1.84. The molecular formula is C15H28N2O. The van der Waals surface area contributed by atoms with Crippen molar-refractivity contribution in [1.82, 2.24) is 4.90 Å². The van der Waals surface area contributed by atoms with E-state index in [0.717, 1.165) is 18.8 Å². The first-order chi connectivity index (χ1) is 8.63. The monoisotopic (exact) mass is 252 g/mol. The lowest BCUT2D eigenvalue weighted by Gasteiger charge is -2.35. The highest BCUT2D eigenvalue weighted by Gasteiger charge is 2.36. The van der Waals surface area contributed by atoms with Crippen LogP contribution in [0.15, 0.2) is 0 Å². The van der Waals surface area contributed by atoms with Crippen LogP contribution in [0.25, 0.3) is 0 Å². The van der Waals surface area contributed by atoms with Crippen molar-refractivity contribution >= 4 is 5.91 Å². The molecule has 0 saturated heterocycles. The van der Waals surface area contributed by atoms with Gasteiger partial charge >= 0.3 is 0 Å². The number of nitrogens with two attached hydrogens (primary N) is 1. The summed E-state index contributed by atoms with van der Waals surface area (Å²) in [4.78, 5) is 14.6. The van der Waals surface area contributed by atoms with Crippen molar-refractivity contribution in [2.75, 3.05) is 13.6 Å². The molecule has 2 saturated carbocycles. The van der Waals surface area contributed by atoms with Gasteiger partial charge < -0.3 is 10.6 Å². The smallest absolute Gasteiger partial charge is 0.225 e. The van der Waals surface area contributed by atoms with E-state index in [2.05, 4.69) is 6.92 Å². The molecule has 0 bridgehead atoms. The standard InChI is InChI=1S/C15H28N2O/c1-11-6-8-13(9-7-11)17(2)15(18)14-5-3-4-12(14)10-16/h11-14H,3-10,16H2,1-2H3/t11?,12-,13?,14-/m1/s1. The van der Waals surface area contributed by atoms with Crippen LogP contribution >= 0.6 is 0 Å². The third kappa shape index (κ3) is 2.87.